The molecule has 0 saturated heterocycles. The second kappa shape index (κ2) is 5.03. The Labute approximate surface area is 130 Å². The summed E-state index contributed by atoms with van der Waals surface area (Å²) in [7, 11) is -0.397. The predicted octanol–water partition coefficient (Wildman–Crippen LogP) is 3.88. The van der Waals surface area contributed by atoms with Crippen LogP contribution < -0.4 is 5.32 Å². The molecular weight excluding hydrogens is 270 g/mol. The molecule has 1 nitrogen and oxygen atoms in total. The van der Waals surface area contributed by atoms with Gasteiger partial charge in [-0.1, -0.05) is 55.6 Å². The molecule has 3 unspecified atom stereocenters. The van der Waals surface area contributed by atoms with E-state index in [1.807, 2.05) is 0 Å². The summed E-state index contributed by atoms with van der Waals surface area (Å²) in [6.45, 7) is 14.1. The Balaban J connectivity index is 2.07. The first-order valence-corrected chi connectivity index (χ1v) is 10.5. The smallest absolute Gasteiger partial charge is 0.0355 e. The van der Waals surface area contributed by atoms with E-state index < -0.39 is 8.41 Å². The molecule has 0 spiro atoms. The van der Waals surface area contributed by atoms with Gasteiger partial charge >= 0.3 is 0 Å². The summed E-state index contributed by atoms with van der Waals surface area (Å²) in [4.78, 5) is 0. The van der Waals surface area contributed by atoms with E-state index in [0.29, 0.717) is 17.9 Å². The minimum absolute atomic E-state index is 0.153. The number of nitrogens with one attached hydrogen (secondary N) is 1. The van der Waals surface area contributed by atoms with E-state index >= 15 is 0 Å². The number of fused-ring (bicyclic) bond motifs is 2. The van der Waals surface area contributed by atoms with Gasteiger partial charge < -0.3 is 5.32 Å². The third-order valence-electron chi connectivity index (χ3n) is 4.76. The van der Waals surface area contributed by atoms with Crippen LogP contribution in [0.25, 0.3) is 0 Å². The lowest BCUT2D eigenvalue weighted by atomic mass is 9.88. The molecule has 112 valence electrons. The molecular formula is C19H27NSi. The summed E-state index contributed by atoms with van der Waals surface area (Å²) in [6.07, 6.45) is 11.7. The van der Waals surface area contributed by atoms with E-state index in [1.165, 1.54) is 11.1 Å². The fraction of sp³-hybridized carbons (Fsp3) is 0.526. The highest BCUT2D eigenvalue weighted by molar-refractivity contribution is 6.70. The zero-order chi connectivity index (χ0) is 15.4. The summed E-state index contributed by atoms with van der Waals surface area (Å²) >= 11 is 0. The zero-order valence-corrected chi connectivity index (χ0v) is 15.1. The van der Waals surface area contributed by atoms with Gasteiger partial charge in [0.2, 0.25) is 0 Å². The third kappa shape index (κ3) is 2.60. The van der Waals surface area contributed by atoms with Crippen molar-refractivity contribution < 1.29 is 0 Å². The maximum Gasteiger partial charge on any atom is 0.0355 e. The molecule has 0 aromatic heterocycles. The molecule has 3 aliphatic rings. The van der Waals surface area contributed by atoms with Crippen LogP contribution in [-0.2, 0) is 0 Å². The maximum atomic E-state index is 3.88. The number of hydrogen-bond acceptors (Lipinski definition) is 1. The van der Waals surface area contributed by atoms with Crippen molar-refractivity contribution in [3.05, 3.63) is 47.1 Å². The highest BCUT2D eigenvalue weighted by Gasteiger charge is 2.42. The van der Waals surface area contributed by atoms with Crippen molar-refractivity contribution in [3.63, 3.8) is 0 Å². The number of allylic oxidation sites excluding steroid dienone is 7. The van der Waals surface area contributed by atoms with Crippen molar-refractivity contribution in [1.82, 2.24) is 5.32 Å². The van der Waals surface area contributed by atoms with Crippen molar-refractivity contribution >= 4 is 13.6 Å². The van der Waals surface area contributed by atoms with Crippen LogP contribution in [0.1, 0.15) is 27.7 Å². The topological polar surface area (TPSA) is 12.0 Å². The first-order chi connectivity index (χ1) is 9.78. The molecule has 1 fully saturated rings. The van der Waals surface area contributed by atoms with Crippen molar-refractivity contribution in [2.24, 2.45) is 11.8 Å². The van der Waals surface area contributed by atoms with E-state index in [-0.39, 0.29) is 5.54 Å². The summed E-state index contributed by atoms with van der Waals surface area (Å²) in [6, 6.07) is 0.490. The van der Waals surface area contributed by atoms with Crippen LogP contribution in [0, 0.1) is 11.8 Å². The van der Waals surface area contributed by atoms with Gasteiger partial charge in [-0.2, -0.15) is 0 Å². The molecule has 21 heavy (non-hydrogen) atoms. The van der Waals surface area contributed by atoms with Crippen LogP contribution in [0.3, 0.4) is 0 Å². The van der Waals surface area contributed by atoms with Gasteiger partial charge in [-0.3, -0.25) is 0 Å². The van der Waals surface area contributed by atoms with Crippen LogP contribution in [0.2, 0.25) is 13.1 Å². The molecule has 0 bridgehead atoms. The van der Waals surface area contributed by atoms with E-state index in [9.17, 15) is 0 Å². The van der Waals surface area contributed by atoms with Gasteiger partial charge in [-0.15, -0.1) is 0 Å². The van der Waals surface area contributed by atoms with Gasteiger partial charge in [0.1, 0.15) is 0 Å². The molecule has 3 atom stereocenters. The quantitative estimate of drug-likeness (QED) is 0.724. The minimum Gasteiger partial charge on any atom is -0.305 e. The van der Waals surface area contributed by atoms with Crippen molar-refractivity contribution in [2.75, 3.05) is 0 Å². The Morgan fingerprint density at radius 2 is 1.86 bits per heavy atom. The van der Waals surface area contributed by atoms with Gasteiger partial charge in [0.25, 0.3) is 0 Å². The van der Waals surface area contributed by atoms with Crippen molar-refractivity contribution in [1.29, 1.82) is 0 Å². The zero-order valence-electron chi connectivity index (χ0n) is 14.1. The molecule has 3 aliphatic carbocycles. The monoisotopic (exact) mass is 297 g/mol. The Morgan fingerprint density at radius 3 is 2.48 bits per heavy atom. The van der Waals surface area contributed by atoms with Gasteiger partial charge in [0.05, 0.1) is 0 Å². The Hall–Kier alpha value is -0.993. The second-order valence-electron chi connectivity index (χ2n) is 7.84. The molecule has 1 saturated carbocycles. The number of rotatable bonds is 1. The van der Waals surface area contributed by atoms with Crippen LogP contribution in [0.15, 0.2) is 47.1 Å². The maximum absolute atomic E-state index is 3.88. The average molecular weight is 298 g/mol. The lowest BCUT2D eigenvalue weighted by molar-refractivity contribution is 0.363. The van der Waals surface area contributed by atoms with Crippen LogP contribution in [-0.4, -0.2) is 25.2 Å². The van der Waals surface area contributed by atoms with Crippen LogP contribution >= 0.6 is 0 Å². The highest BCUT2D eigenvalue weighted by Crippen LogP contribution is 2.42. The van der Waals surface area contributed by atoms with E-state index in [2.05, 4.69) is 76.5 Å². The van der Waals surface area contributed by atoms with E-state index in [4.69, 9.17) is 0 Å². The normalized spacial score (nSPS) is 30.7. The molecule has 0 aliphatic heterocycles. The van der Waals surface area contributed by atoms with Gasteiger partial charge in [0, 0.05) is 25.9 Å². The molecule has 0 aromatic rings. The van der Waals surface area contributed by atoms with Crippen LogP contribution in [0.5, 0.6) is 0 Å². The fourth-order valence-corrected chi connectivity index (χ4v) is 5.97. The SMILES string of the molecule is CC1C(=[Si](C)C)C2C=C3C=CC=C3C=C2C1NC(C)(C)C. The largest absolute Gasteiger partial charge is 0.305 e. The van der Waals surface area contributed by atoms with Gasteiger partial charge in [-0.05, 0) is 43.4 Å². The summed E-state index contributed by atoms with van der Waals surface area (Å²) in [5.41, 5.74) is 4.57. The summed E-state index contributed by atoms with van der Waals surface area (Å²) in [5, 5.41) is 5.67. The fourth-order valence-electron chi connectivity index (χ4n) is 4.02. The van der Waals surface area contributed by atoms with Gasteiger partial charge in [-0.25, -0.2) is 0 Å². The van der Waals surface area contributed by atoms with E-state index in [0.717, 1.165) is 0 Å². The van der Waals surface area contributed by atoms with Crippen LogP contribution in [0.4, 0.5) is 0 Å². The Kier molecular flexibility index (Phi) is 3.57. The average Bonchev–Trinajstić information content (AvgIpc) is 2.89. The highest BCUT2D eigenvalue weighted by atomic mass is 28.2. The third-order valence-corrected chi connectivity index (χ3v) is 6.68. The molecule has 0 amide bonds. The first kappa shape index (κ1) is 14.9. The Morgan fingerprint density at radius 1 is 1.14 bits per heavy atom. The predicted molar refractivity (Wildman–Crippen MR) is 95.2 cm³/mol. The molecule has 1 N–H and O–H groups in total. The summed E-state index contributed by atoms with van der Waals surface area (Å²) < 4.78 is 0. The van der Waals surface area contributed by atoms with E-state index in [1.54, 1.807) is 10.7 Å². The molecule has 2 heteroatoms. The first-order valence-electron chi connectivity index (χ1n) is 8.05. The molecule has 0 heterocycles. The second-order valence-corrected chi connectivity index (χ2v) is 10.4. The lowest BCUT2D eigenvalue weighted by Crippen LogP contribution is -2.46. The minimum atomic E-state index is -0.397. The standard InChI is InChI=1S/C19H27NSi/c1-12-17(20-19(2,3)4)15-10-13-8-7-9-14(13)11-16(15)18(12)21(5)6/h7-12,16-17,20H,1-6H3. The van der Waals surface area contributed by atoms with Gasteiger partial charge in [0.15, 0.2) is 0 Å². The lowest BCUT2D eigenvalue weighted by Gasteiger charge is -2.30. The summed E-state index contributed by atoms with van der Waals surface area (Å²) in [5.74, 6) is 1.21. The Bertz CT molecular complexity index is 618. The molecule has 0 aromatic carbocycles. The van der Waals surface area contributed by atoms with Crippen molar-refractivity contribution in [3.8, 4) is 0 Å². The molecule has 3 rings (SSSR count). The van der Waals surface area contributed by atoms with Crippen molar-refractivity contribution in [2.45, 2.75) is 52.4 Å². The number of hydrogen-bond donors (Lipinski definition) is 1. The molecule has 0 radical (unpaired) electrons.